The Hall–Kier alpha value is -5.29. The van der Waals surface area contributed by atoms with E-state index in [1.165, 1.54) is 0 Å². The number of hydrogen-bond acceptors (Lipinski definition) is 7. The molecule has 0 spiro atoms. The van der Waals surface area contributed by atoms with Gasteiger partial charge in [0.1, 0.15) is 23.6 Å². The van der Waals surface area contributed by atoms with E-state index in [0.717, 1.165) is 34.2 Å². The lowest BCUT2D eigenvalue weighted by molar-refractivity contribution is -0.193. The number of carbonyl (C=O) groups is 2. The zero-order valence-corrected chi connectivity index (χ0v) is 20.5. The van der Waals surface area contributed by atoms with Gasteiger partial charge in [0, 0.05) is 18.1 Å². The summed E-state index contributed by atoms with van der Waals surface area (Å²) in [7, 11) is 1.65. The molecule has 0 saturated carbocycles. The average Bonchev–Trinajstić information content (AvgIpc) is 3.70. The smallest absolute Gasteiger partial charge is 0.490 e. The molecule has 0 aliphatic carbocycles. The molecule has 5 aromatic rings. The molecule has 4 heterocycles. The van der Waals surface area contributed by atoms with E-state index in [9.17, 15) is 26.3 Å². The van der Waals surface area contributed by atoms with E-state index in [2.05, 4.69) is 15.1 Å². The highest BCUT2D eigenvalue weighted by molar-refractivity contribution is 5.75. The van der Waals surface area contributed by atoms with Gasteiger partial charge in [-0.05, 0) is 36.4 Å². The quantitative estimate of drug-likeness (QED) is 0.251. The molecule has 1 aromatic carbocycles. The van der Waals surface area contributed by atoms with Crippen LogP contribution in [-0.4, -0.2) is 70.9 Å². The predicted octanol–water partition coefficient (Wildman–Crippen LogP) is 4.53. The number of aromatic amines is 1. The Bertz CT molecular complexity index is 1560. The van der Waals surface area contributed by atoms with Crippen molar-refractivity contribution in [1.29, 1.82) is 0 Å². The number of aliphatic carboxylic acids is 2. The molecule has 0 amide bonds. The molecule has 0 aliphatic rings. The standard InChI is InChI=1S/C19H16N6O2.2C2HF3O2/c1-26-14-6-4-13(5-7-14)24-9-8-20-19(24)17-22-16-11-21-25(18(16)23-17)12-15-3-2-10-27-15;2*3-2(4,5)1(6)7/h2-11H,12H2,1H3,(H,22,23);2*(H,6,7). The second-order valence-corrected chi connectivity index (χ2v) is 7.63. The number of fused-ring (bicyclic) bond motifs is 1. The molecule has 41 heavy (non-hydrogen) atoms. The minimum absolute atomic E-state index is 0.522. The van der Waals surface area contributed by atoms with Crippen molar-refractivity contribution in [3.63, 3.8) is 0 Å². The van der Waals surface area contributed by atoms with E-state index < -0.39 is 24.3 Å². The molecule has 0 unspecified atom stereocenters. The van der Waals surface area contributed by atoms with Crippen LogP contribution < -0.4 is 4.74 Å². The highest BCUT2D eigenvalue weighted by Gasteiger charge is 2.38. The number of nitrogens with zero attached hydrogens (tertiary/aromatic N) is 5. The van der Waals surface area contributed by atoms with Gasteiger partial charge in [0.2, 0.25) is 0 Å². The maximum absolute atomic E-state index is 10.6. The van der Waals surface area contributed by atoms with Crippen molar-refractivity contribution in [3.8, 4) is 23.1 Å². The van der Waals surface area contributed by atoms with Crippen LogP contribution in [0, 0.1) is 0 Å². The molecule has 4 aromatic heterocycles. The van der Waals surface area contributed by atoms with Crippen LogP contribution in [-0.2, 0) is 16.1 Å². The third-order valence-corrected chi connectivity index (χ3v) is 4.86. The topological polar surface area (TPSA) is 161 Å². The predicted molar refractivity (Wildman–Crippen MR) is 126 cm³/mol. The van der Waals surface area contributed by atoms with Crippen molar-refractivity contribution in [1.82, 2.24) is 29.3 Å². The minimum Gasteiger partial charge on any atom is -0.497 e. The van der Waals surface area contributed by atoms with Crippen molar-refractivity contribution in [2.45, 2.75) is 18.9 Å². The fourth-order valence-corrected chi connectivity index (χ4v) is 3.05. The van der Waals surface area contributed by atoms with Crippen molar-refractivity contribution >= 4 is 23.1 Å². The van der Waals surface area contributed by atoms with Crippen LogP contribution in [0.15, 0.2) is 65.7 Å². The van der Waals surface area contributed by atoms with Gasteiger partial charge >= 0.3 is 24.3 Å². The molecule has 5 rings (SSSR count). The summed E-state index contributed by atoms with van der Waals surface area (Å²) in [4.78, 5) is 30.3. The summed E-state index contributed by atoms with van der Waals surface area (Å²) < 4.78 is 77.9. The summed E-state index contributed by atoms with van der Waals surface area (Å²) in [6.07, 6.45) is -3.10. The number of halogens is 6. The summed E-state index contributed by atoms with van der Waals surface area (Å²) in [5.41, 5.74) is 2.58. The molecular formula is C23H18F6N6O6. The number of aromatic nitrogens is 6. The fraction of sp³-hybridized carbons (Fsp3) is 0.174. The number of ether oxygens (including phenoxy) is 1. The average molecular weight is 588 g/mol. The number of methoxy groups -OCH3 is 1. The van der Waals surface area contributed by atoms with Gasteiger partial charge in [-0.2, -0.15) is 31.4 Å². The Labute approximate surface area is 224 Å². The van der Waals surface area contributed by atoms with Gasteiger partial charge in [0.15, 0.2) is 17.3 Å². The molecule has 18 heteroatoms. The van der Waals surface area contributed by atoms with Gasteiger partial charge < -0.3 is 24.4 Å². The van der Waals surface area contributed by atoms with Crippen molar-refractivity contribution < 1.29 is 55.3 Å². The lowest BCUT2D eigenvalue weighted by Crippen LogP contribution is -2.21. The Kier molecular flexibility index (Phi) is 9.05. The van der Waals surface area contributed by atoms with Gasteiger partial charge in [-0.1, -0.05) is 0 Å². The molecule has 0 atom stereocenters. The van der Waals surface area contributed by atoms with Gasteiger partial charge in [0.25, 0.3) is 0 Å². The zero-order valence-electron chi connectivity index (χ0n) is 20.5. The number of H-pyrrole nitrogens is 1. The molecule has 218 valence electrons. The summed E-state index contributed by atoms with van der Waals surface area (Å²) in [5, 5.41) is 18.6. The first-order chi connectivity index (χ1) is 19.2. The highest BCUT2D eigenvalue weighted by Crippen LogP contribution is 2.24. The first kappa shape index (κ1) is 30.3. The number of benzene rings is 1. The van der Waals surface area contributed by atoms with Gasteiger partial charge in [-0.25, -0.2) is 24.2 Å². The molecule has 12 nitrogen and oxygen atoms in total. The third kappa shape index (κ3) is 7.87. The molecule has 0 radical (unpaired) electrons. The number of imidazole rings is 2. The monoisotopic (exact) mass is 588 g/mol. The third-order valence-electron chi connectivity index (χ3n) is 4.86. The Morgan fingerprint density at radius 2 is 1.63 bits per heavy atom. The SMILES string of the molecule is COc1ccc(-n2ccnc2-c2nc3c(cnn3Cc3ccco3)[nH]2)cc1.O=C(O)C(F)(F)F.O=C(O)C(F)(F)F. The fourth-order valence-electron chi connectivity index (χ4n) is 3.05. The summed E-state index contributed by atoms with van der Waals surface area (Å²) in [5.74, 6) is -2.48. The van der Waals surface area contributed by atoms with Crippen LogP contribution in [0.5, 0.6) is 5.75 Å². The van der Waals surface area contributed by atoms with Crippen LogP contribution in [0.25, 0.3) is 28.5 Å². The lowest BCUT2D eigenvalue weighted by Gasteiger charge is -2.07. The molecule has 0 saturated heterocycles. The Morgan fingerprint density at radius 3 is 2.15 bits per heavy atom. The minimum atomic E-state index is -5.08. The summed E-state index contributed by atoms with van der Waals surface area (Å²) >= 11 is 0. The van der Waals surface area contributed by atoms with E-state index in [4.69, 9.17) is 33.9 Å². The van der Waals surface area contributed by atoms with Crippen molar-refractivity contribution in [2.24, 2.45) is 0 Å². The molecular weight excluding hydrogens is 570 g/mol. The molecule has 0 aliphatic heterocycles. The number of alkyl halides is 6. The number of carboxylic acids is 2. The molecule has 0 bridgehead atoms. The summed E-state index contributed by atoms with van der Waals surface area (Å²) in [6.45, 7) is 0.522. The van der Waals surface area contributed by atoms with Crippen LogP contribution >= 0.6 is 0 Å². The number of furan rings is 1. The molecule has 3 N–H and O–H groups in total. The number of hydrogen-bond donors (Lipinski definition) is 3. The first-order valence-corrected chi connectivity index (χ1v) is 10.9. The summed E-state index contributed by atoms with van der Waals surface area (Å²) in [6, 6.07) is 11.6. The van der Waals surface area contributed by atoms with Crippen molar-refractivity contribution in [2.75, 3.05) is 7.11 Å². The van der Waals surface area contributed by atoms with E-state index in [1.54, 1.807) is 30.4 Å². The highest BCUT2D eigenvalue weighted by atomic mass is 19.4. The van der Waals surface area contributed by atoms with Crippen LogP contribution in [0.3, 0.4) is 0 Å². The van der Waals surface area contributed by atoms with Crippen LogP contribution in [0.1, 0.15) is 5.76 Å². The Balaban J connectivity index is 0.000000276. The zero-order chi connectivity index (χ0) is 30.4. The number of rotatable bonds is 5. The maximum Gasteiger partial charge on any atom is 0.490 e. The van der Waals surface area contributed by atoms with E-state index >= 15 is 0 Å². The second-order valence-electron chi connectivity index (χ2n) is 7.63. The first-order valence-electron chi connectivity index (χ1n) is 10.9. The van der Waals surface area contributed by atoms with E-state index in [1.807, 2.05) is 47.2 Å². The van der Waals surface area contributed by atoms with Gasteiger partial charge in [0.05, 0.1) is 19.6 Å². The van der Waals surface area contributed by atoms with Crippen molar-refractivity contribution in [3.05, 3.63) is 67.0 Å². The normalized spacial score (nSPS) is 11.3. The molecule has 0 fully saturated rings. The second kappa shape index (κ2) is 12.3. The number of nitrogens with one attached hydrogen (secondary N) is 1. The number of carboxylic acid groups (broad SMARTS) is 2. The lowest BCUT2D eigenvalue weighted by atomic mass is 10.3. The van der Waals surface area contributed by atoms with E-state index in [-0.39, 0.29) is 0 Å². The Morgan fingerprint density at radius 1 is 1.02 bits per heavy atom. The van der Waals surface area contributed by atoms with Crippen LogP contribution in [0.4, 0.5) is 26.3 Å². The largest absolute Gasteiger partial charge is 0.497 e. The van der Waals surface area contributed by atoms with E-state index in [0.29, 0.717) is 12.4 Å². The maximum atomic E-state index is 10.6. The van der Waals surface area contributed by atoms with Gasteiger partial charge in [-0.3, -0.25) is 4.57 Å². The van der Waals surface area contributed by atoms with Gasteiger partial charge in [-0.15, -0.1) is 0 Å². The van der Waals surface area contributed by atoms with Crippen LogP contribution in [0.2, 0.25) is 0 Å².